The number of nitrogens with zero attached hydrogens (tertiary/aromatic N) is 2. The van der Waals surface area contributed by atoms with Gasteiger partial charge in [-0.25, -0.2) is 4.98 Å². The third-order valence-corrected chi connectivity index (χ3v) is 2.47. The molecule has 0 spiro atoms. The minimum atomic E-state index is -0.0944. The van der Waals surface area contributed by atoms with E-state index in [1.165, 1.54) is 11.1 Å². The molecule has 2 N–H and O–H groups in total. The third-order valence-electron chi connectivity index (χ3n) is 2.47. The Balaban J connectivity index is 2.13. The van der Waals surface area contributed by atoms with E-state index >= 15 is 0 Å². The molecule has 2 rings (SSSR count). The highest BCUT2D eigenvalue weighted by atomic mass is 16.5. The summed E-state index contributed by atoms with van der Waals surface area (Å²) in [6.07, 6.45) is 1.49. The van der Waals surface area contributed by atoms with Gasteiger partial charge in [-0.2, -0.15) is 0 Å². The molecular weight excluding hydrogens is 242 g/mol. The lowest BCUT2D eigenvalue weighted by molar-refractivity contribution is 0.0827. The van der Waals surface area contributed by atoms with Crippen LogP contribution in [0.15, 0.2) is 42.6 Å². The average molecular weight is 257 g/mol. The van der Waals surface area contributed by atoms with Gasteiger partial charge in [0.05, 0.1) is 5.56 Å². The molecule has 19 heavy (non-hydrogen) atoms. The van der Waals surface area contributed by atoms with Gasteiger partial charge in [-0.05, 0) is 18.2 Å². The molecule has 2 aromatic rings. The first-order chi connectivity index (χ1) is 9.06. The largest absolute Gasteiger partial charge is 0.439 e. The molecule has 1 amide bonds. The maximum Gasteiger partial charge on any atom is 0.254 e. The first-order valence-corrected chi connectivity index (χ1v) is 5.77. The molecule has 1 aromatic carbocycles. The van der Waals surface area contributed by atoms with Crippen LogP contribution in [0, 0.1) is 0 Å². The van der Waals surface area contributed by atoms with Crippen LogP contribution in [-0.4, -0.2) is 29.9 Å². The molecule has 0 radical (unpaired) electrons. The van der Waals surface area contributed by atoms with Gasteiger partial charge in [-0.15, -0.1) is 0 Å². The van der Waals surface area contributed by atoms with Gasteiger partial charge < -0.3 is 15.4 Å². The van der Waals surface area contributed by atoms with Crippen LogP contribution >= 0.6 is 0 Å². The quantitative estimate of drug-likeness (QED) is 0.855. The highest BCUT2D eigenvalue weighted by Crippen LogP contribution is 2.21. The Morgan fingerprint density at radius 3 is 2.63 bits per heavy atom. The van der Waals surface area contributed by atoms with Crippen molar-refractivity contribution in [1.29, 1.82) is 0 Å². The predicted octanol–water partition coefficient (Wildman–Crippen LogP) is 2.16. The summed E-state index contributed by atoms with van der Waals surface area (Å²) in [6, 6.07) is 10.4. The molecule has 1 aromatic heterocycles. The summed E-state index contributed by atoms with van der Waals surface area (Å²) in [4.78, 5) is 17.3. The average Bonchev–Trinajstić information content (AvgIpc) is 2.39. The molecule has 5 heteroatoms. The lowest BCUT2D eigenvalue weighted by Gasteiger charge is -2.10. The van der Waals surface area contributed by atoms with Crippen molar-refractivity contribution in [3.63, 3.8) is 0 Å². The number of nitrogens with two attached hydrogens (primary N) is 1. The summed E-state index contributed by atoms with van der Waals surface area (Å²) >= 11 is 0. The second kappa shape index (κ2) is 5.39. The number of nitrogen functional groups attached to an aromatic ring is 1. The van der Waals surface area contributed by atoms with Crippen LogP contribution in [0.5, 0.6) is 11.6 Å². The number of amides is 1. The van der Waals surface area contributed by atoms with E-state index in [-0.39, 0.29) is 5.91 Å². The number of pyridine rings is 1. The van der Waals surface area contributed by atoms with Gasteiger partial charge in [0, 0.05) is 38.1 Å². The summed E-state index contributed by atoms with van der Waals surface area (Å²) in [5.74, 6) is 0.933. The van der Waals surface area contributed by atoms with Crippen LogP contribution in [0.3, 0.4) is 0 Å². The van der Waals surface area contributed by atoms with Crippen LogP contribution in [0.1, 0.15) is 10.4 Å². The topological polar surface area (TPSA) is 68.5 Å². The van der Waals surface area contributed by atoms with E-state index in [1.807, 2.05) is 0 Å². The van der Waals surface area contributed by atoms with Crippen molar-refractivity contribution in [2.75, 3.05) is 19.8 Å². The highest BCUT2D eigenvalue weighted by molar-refractivity contribution is 5.93. The van der Waals surface area contributed by atoms with Gasteiger partial charge in [0.15, 0.2) is 0 Å². The van der Waals surface area contributed by atoms with E-state index in [1.54, 1.807) is 50.5 Å². The van der Waals surface area contributed by atoms with Crippen LogP contribution < -0.4 is 10.5 Å². The number of benzene rings is 1. The zero-order valence-corrected chi connectivity index (χ0v) is 10.8. The Hall–Kier alpha value is -2.56. The van der Waals surface area contributed by atoms with Crippen molar-refractivity contribution in [2.24, 2.45) is 0 Å². The van der Waals surface area contributed by atoms with Crippen molar-refractivity contribution in [3.05, 3.63) is 48.2 Å². The Kier molecular flexibility index (Phi) is 3.66. The Bertz CT molecular complexity index is 579. The fourth-order valence-corrected chi connectivity index (χ4v) is 1.52. The first kappa shape index (κ1) is 12.9. The molecule has 0 saturated heterocycles. The lowest BCUT2D eigenvalue weighted by Crippen LogP contribution is -2.21. The Morgan fingerprint density at radius 2 is 2.05 bits per heavy atom. The molecule has 0 aliphatic carbocycles. The zero-order chi connectivity index (χ0) is 13.8. The number of aromatic nitrogens is 1. The van der Waals surface area contributed by atoms with Crippen LogP contribution in [0.2, 0.25) is 0 Å². The number of anilines is 1. The number of carbonyl (C=O) groups is 1. The minimum absolute atomic E-state index is 0.0944. The number of rotatable bonds is 3. The lowest BCUT2D eigenvalue weighted by atomic mass is 10.2. The minimum Gasteiger partial charge on any atom is -0.439 e. The van der Waals surface area contributed by atoms with Gasteiger partial charge in [0.2, 0.25) is 5.88 Å². The molecule has 0 fully saturated rings. The molecule has 0 aliphatic heterocycles. The zero-order valence-electron chi connectivity index (χ0n) is 10.8. The molecule has 5 nitrogen and oxygen atoms in total. The predicted molar refractivity (Wildman–Crippen MR) is 73.2 cm³/mol. The molecule has 0 bridgehead atoms. The fraction of sp³-hybridized carbons (Fsp3) is 0.143. The number of hydrogen-bond donors (Lipinski definition) is 1. The van der Waals surface area contributed by atoms with E-state index in [0.717, 1.165) is 0 Å². The normalized spacial score (nSPS) is 10.0. The summed E-state index contributed by atoms with van der Waals surface area (Å²) in [5.41, 5.74) is 6.80. The van der Waals surface area contributed by atoms with Gasteiger partial charge in [0.25, 0.3) is 5.91 Å². The molecule has 0 unspecified atom stereocenters. The Morgan fingerprint density at radius 1 is 1.26 bits per heavy atom. The van der Waals surface area contributed by atoms with Crippen LogP contribution in [-0.2, 0) is 0 Å². The third kappa shape index (κ3) is 3.22. The summed E-state index contributed by atoms with van der Waals surface area (Å²) in [6.45, 7) is 0. The SMILES string of the molecule is CN(C)C(=O)c1ccc(Oc2cccc(N)c2)nc1. The monoisotopic (exact) mass is 257 g/mol. The van der Waals surface area contributed by atoms with Crippen molar-refractivity contribution in [3.8, 4) is 11.6 Å². The number of ether oxygens (including phenoxy) is 1. The summed E-state index contributed by atoms with van der Waals surface area (Å²) in [7, 11) is 3.39. The van der Waals surface area contributed by atoms with E-state index in [9.17, 15) is 4.79 Å². The highest BCUT2D eigenvalue weighted by Gasteiger charge is 2.08. The molecule has 1 heterocycles. The van der Waals surface area contributed by atoms with Crippen molar-refractivity contribution in [2.45, 2.75) is 0 Å². The van der Waals surface area contributed by atoms with E-state index in [2.05, 4.69) is 4.98 Å². The summed E-state index contributed by atoms with van der Waals surface area (Å²) < 4.78 is 5.54. The summed E-state index contributed by atoms with van der Waals surface area (Å²) in [5, 5.41) is 0. The maximum absolute atomic E-state index is 11.7. The standard InChI is InChI=1S/C14H15N3O2/c1-17(2)14(18)10-6-7-13(16-9-10)19-12-5-3-4-11(15)8-12/h3-9H,15H2,1-2H3. The smallest absolute Gasteiger partial charge is 0.254 e. The molecule has 0 atom stereocenters. The van der Waals surface area contributed by atoms with E-state index in [4.69, 9.17) is 10.5 Å². The molecular formula is C14H15N3O2. The van der Waals surface area contributed by atoms with E-state index < -0.39 is 0 Å². The van der Waals surface area contributed by atoms with Gasteiger partial charge in [-0.3, -0.25) is 4.79 Å². The maximum atomic E-state index is 11.7. The van der Waals surface area contributed by atoms with Crippen molar-refractivity contribution in [1.82, 2.24) is 9.88 Å². The van der Waals surface area contributed by atoms with E-state index in [0.29, 0.717) is 22.9 Å². The number of carbonyl (C=O) groups excluding carboxylic acids is 1. The van der Waals surface area contributed by atoms with Crippen molar-refractivity contribution < 1.29 is 9.53 Å². The molecule has 0 saturated carbocycles. The second-order valence-electron chi connectivity index (χ2n) is 4.26. The van der Waals surface area contributed by atoms with Crippen molar-refractivity contribution >= 4 is 11.6 Å². The Labute approximate surface area is 111 Å². The van der Waals surface area contributed by atoms with Crippen LogP contribution in [0.25, 0.3) is 0 Å². The second-order valence-corrected chi connectivity index (χ2v) is 4.26. The number of hydrogen-bond acceptors (Lipinski definition) is 4. The van der Waals surface area contributed by atoms with Gasteiger partial charge in [-0.1, -0.05) is 6.07 Å². The van der Waals surface area contributed by atoms with Gasteiger partial charge in [0.1, 0.15) is 5.75 Å². The van der Waals surface area contributed by atoms with Gasteiger partial charge >= 0.3 is 0 Å². The molecule has 0 aliphatic rings. The molecule has 98 valence electrons. The fourth-order valence-electron chi connectivity index (χ4n) is 1.52. The first-order valence-electron chi connectivity index (χ1n) is 5.77. The van der Waals surface area contributed by atoms with Crippen LogP contribution in [0.4, 0.5) is 5.69 Å².